The van der Waals surface area contributed by atoms with Gasteiger partial charge in [-0.25, -0.2) is 0 Å². The molecule has 1 aliphatic carbocycles. The number of carbonyl (C=O) groups is 1. The first-order valence-corrected chi connectivity index (χ1v) is 7.70. The number of amides is 1. The van der Waals surface area contributed by atoms with Gasteiger partial charge in [0.1, 0.15) is 5.75 Å². The lowest BCUT2D eigenvalue weighted by atomic mass is 9.83. The number of carbonyl (C=O) groups excluding carboxylic acids is 1. The van der Waals surface area contributed by atoms with E-state index in [9.17, 15) is 18.0 Å². The zero-order valence-electron chi connectivity index (χ0n) is 13.3. The van der Waals surface area contributed by atoms with E-state index in [2.05, 4.69) is 10.1 Å². The molecule has 5 nitrogen and oxygen atoms in total. The first kappa shape index (κ1) is 18.5. The molecule has 0 aromatic heterocycles. The van der Waals surface area contributed by atoms with Crippen molar-refractivity contribution in [3.8, 4) is 5.75 Å². The van der Waals surface area contributed by atoms with E-state index in [4.69, 9.17) is 10.5 Å². The molecule has 3 N–H and O–H groups in total. The molecule has 1 aromatic carbocycles. The normalized spacial score (nSPS) is 24.5. The Morgan fingerprint density at radius 1 is 1.33 bits per heavy atom. The van der Waals surface area contributed by atoms with Gasteiger partial charge >= 0.3 is 6.36 Å². The highest BCUT2D eigenvalue weighted by molar-refractivity contribution is 5.78. The van der Waals surface area contributed by atoms with Gasteiger partial charge in [0.2, 0.25) is 5.91 Å². The quantitative estimate of drug-likeness (QED) is 0.858. The van der Waals surface area contributed by atoms with Crippen LogP contribution in [-0.4, -0.2) is 31.5 Å². The average Bonchev–Trinajstić information content (AvgIpc) is 2.52. The van der Waals surface area contributed by atoms with Crippen LogP contribution >= 0.6 is 0 Å². The third kappa shape index (κ3) is 5.10. The van der Waals surface area contributed by atoms with Gasteiger partial charge in [-0.1, -0.05) is 18.2 Å². The standard InChI is InChI=1S/C16H21F3N2O3/c1-23-14-7-6-10(8-12(14)20)15(22)21-9-11-4-2-3-5-13(11)24-16(17,18)19/h2-5,10,12,14H,6-9,20H2,1H3,(H,21,22)/t10-,12+,14+/m0/s1. The molecule has 1 saturated carbocycles. The van der Waals surface area contributed by atoms with Crippen LogP contribution in [0.5, 0.6) is 5.75 Å². The number of methoxy groups -OCH3 is 1. The predicted octanol–water partition coefficient (Wildman–Crippen LogP) is 2.34. The van der Waals surface area contributed by atoms with Crippen molar-refractivity contribution in [2.75, 3.05) is 7.11 Å². The maximum Gasteiger partial charge on any atom is 0.573 e. The van der Waals surface area contributed by atoms with Gasteiger partial charge in [0, 0.05) is 31.2 Å². The second-order valence-corrected chi connectivity index (χ2v) is 5.82. The van der Waals surface area contributed by atoms with Gasteiger partial charge < -0.3 is 20.5 Å². The Morgan fingerprint density at radius 2 is 2.04 bits per heavy atom. The van der Waals surface area contributed by atoms with Crippen LogP contribution in [0.2, 0.25) is 0 Å². The van der Waals surface area contributed by atoms with Crippen molar-refractivity contribution in [2.24, 2.45) is 11.7 Å². The van der Waals surface area contributed by atoms with Crippen LogP contribution in [0.4, 0.5) is 13.2 Å². The summed E-state index contributed by atoms with van der Waals surface area (Å²) in [4.78, 5) is 12.2. The Morgan fingerprint density at radius 3 is 2.67 bits per heavy atom. The summed E-state index contributed by atoms with van der Waals surface area (Å²) in [6.45, 7) is -0.0372. The molecule has 2 rings (SSSR count). The second-order valence-electron chi connectivity index (χ2n) is 5.82. The highest BCUT2D eigenvalue weighted by Crippen LogP contribution is 2.27. The number of hydrogen-bond donors (Lipinski definition) is 2. The van der Waals surface area contributed by atoms with E-state index < -0.39 is 6.36 Å². The Kier molecular flexibility index (Phi) is 6.06. The number of halogens is 3. The van der Waals surface area contributed by atoms with Gasteiger partial charge in [-0.2, -0.15) is 0 Å². The second kappa shape index (κ2) is 7.85. The Hall–Kier alpha value is -1.80. The van der Waals surface area contributed by atoms with Crippen LogP contribution in [0, 0.1) is 5.92 Å². The van der Waals surface area contributed by atoms with Crippen molar-refractivity contribution >= 4 is 5.91 Å². The molecule has 1 fully saturated rings. The average molecular weight is 346 g/mol. The lowest BCUT2D eigenvalue weighted by Gasteiger charge is -2.32. The summed E-state index contributed by atoms with van der Waals surface area (Å²) in [6.07, 6.45) is -3.02. The number of benzene rings is 1. The van der Waals surface area contributed by atoms with Crippen molar-refractivity contribution in [2.45, 2.75) is 44.3 Å². The van der Waals surface area contributed by atoms with Crippen LogP contribution in [0.1, 0.15) is 24.8 Å². The highest BCUT2D eigenvalue weighted by atomic mass is 19.4. The minimum absolute atomic E-state index is 0.0372. The number of nitrogens with one attached hydrogen (secondary N) is 1. The molecular formula is C16H21F3N2O3. The summed E-state index contributed by atoms with van der Waals surface area (Å²) < 4.78 is 46.4. The Bertz CT molecular complexity index is 566. The SMILES string of the molecule is CO[C@@H]1CC[C@H](C(=O)NCc2ccccc2OC(F)(F)F)C[C@H]1N. The largest absolute Gasteiger partial charge is 0.573 e. The van der Waals surface area contributed by atoms with Crippen molar-refractivity contribution in [1.29, 1.82) is 0 Å². The number of ether oxygens (including phenoxy) is 2. The summed E-state index contributed by atoms with van der Waals surface area (Å²) in [6, 6.07) is 5.51. The summed E-state index contributed by atoms with van der Waals surface area (Å²) >= 11 is 0. The number of nitrogens with two attached hydrogens (primary N) is 1. The molecule has 8 heteroatoms. The summed E-state index contributed by atoms with van der Waals surface area (Å²) in [7, 11) is 1.59. The fourth-order valence-electron chi connectivity index (χ4n) is 2.91. The predicted molar refractivity (Wildman–Crippen MR) is 81.1 cm³/mol. The molecule has 1 aromatic rings. The zero-order chi connectivity index (χ0) is 17.7. The Labute approximate surface area is 138 Å². The molecule has 1 aliphatic rings. The van der Waals surface area contributed by atoms with E-state index >= 15 is 0 Å². The van der Waals surface area contributed by atoms with E-state index in [-0.39, 0.29) is 41.8 Å². The van der Waals surface area contributed by atoms with E-state index in [1.807, 2.05) is 0 Å². The highest BCUT2D eigenvalue weighted by Gasteiger charge is 2.33. The number of hydrogen-bond acceptors (Lipinski definition) is 4. The number of alkyl halides is 3. The molecule has 0 bridgehead atoms. The monoisotopic (exact) mass is 346 g/mol. The molecule has 0 saturated heterocycles. The summed E-state index contributed by atoms with van der Waals surface area (Å²) in [5.41, 5.74) is 6.23. The van der Waals surface area contributed by atoms with Crippen LogP contribution in [0.15, 0.2) is 24.3 Å². The van der Waals surface area contributed by atoms with Crippen molar-refractivity contribution < 1.29 is 27.4 Å². The van der Waals surface area contributed by atoms with Gasteiger partial charge in [0.05, 0.1) is 6.10 Å². The van der Waals surface area contributed by atoms with Gasteiger partial charge in [-0.15, -0.1) is 13.2 Å². The molecule has 0 radical (unpaired) electrons. The van der Waals surface area contributed by atoms with E-state index in [0.29, 0.717) is 19.3 Å². The maximum atomic E-state index is 12.4. The van der Waals surface area contributed by atoms with Crippen LogP contribution < -0.4 is 15.8 Å². The fourth-order valence-corrected chi connectivity index (χ4v) is 2.91. The minimum atomic E-state index is -4.77. The minimum Gasteiger partial charge on any atom is -0.405 e. The maximum absolute atomic E-state index is 12.4. The molecular weight excluding hydrogens is 325 g/mol. The van der Waals surface area contributed by atoms with E-state index in [0.717, 1.165) is 0 Å². The Balaban J connectivity index is 1.93. The molecule has 0 unspecified atom stereocenters. The summed E-state index contributed by atoms with van der Waals surface area (Å²) in [5.74, 6) is -0.797. The van der Waals surface area contributed by atoms with Crippen molar-refractivity contribution in [3.05, 3.63) is 29.8 Å². The topological polar surface area (TPSA) is 73.6 Å². The molecule has 24 heavy (non-hydrogen) atoms. The molecule has 0 aliphatic heterocycles. The third-order valence-corrected chi connectivity index (χ3v) is 4.16. The lowest BCUT2D eigenvalue weighted by Crippen LogP contribution is -2.45. The lowest BCUT2D eigenvalue weighted by molar-refractivity contribution is -0.274. The van der Waals surface area contributed by atoms with Crippen molar-refractivity contribution in [1.82, 2.24) is 5.32 Å². The van der Waals surface area contributed by atoms with Gasteiger partial charge in [0.25, 0.3) is 0 Å². The van der Waals surface area contributed by atoms with Crippen molar-refractivity contribution in [3.63, 3.8) is 0 Å². The van der Waals surface area contributed by atoms with Crippen LogP contribution in [0.25, 0.3) is 0 Å². The smallest absolute Gasteiger partial charge is 0.405 e. The van der Waals surface area contributed by atoms with E-state index in [1.54, 1.807) is 13.2 Å². The molecule has 3 atom stereocenters. The molecule has 0 heterocycles. The van der Waals surface area contributed by atoms with Gasteiger partial charge in [0.15, 0.2) is 0 Å². The molecule has 0 spiro atoms. The molecule has 1 amide bonds. The number of para-hydroxylation sites is 1. The number of rotatable bonds is 5. The third-order valence-electron chi connectivity index (χ3n) is 4.16. The summed E-state index contributed by atoms with van der Waals surface area (Å²) in [5, 5.41) is 2.67. The van der Waals surface area contributed by atoms with Gasteiger partial charge in [-0.3, -0.25) is 4.79 Å². The van der Waals surface area contributed by atoms with Gasteiger partial charge in [-0.05, 0) is 25.3 Å². The first-order valence-electron chi connectivity index (χ1n) is 7.70. The first-order chi connectivity index (χ1) is 11.3. The van der Waals surface area contributed by atoms with Crippen LogP contribution in [0.3, 0.4) is 0 Å². The molecule has 134 valence electrons. The fraction of sp³-hybridized carbons (Fsp3) is 0.562. The van der Waals surface area contributed by atoms with E-state index in [1.165, 1.54) is 18.2 Å². The zero-order valence-corrected chi connectivity index (χ0v) is 13.3. The van der Waals surface area contributed by atoms with Crippen LogP contribution in [-0.2, 0) is 16.1 Å².